The summed E-state index contributed by atoms with van der Waals surface area (Å²) in [5.74, 6) is -1.12. The van der Waals surface area contributed by atoms with E-state index in [0.29, 0.717) is 19.3 Å². The number of rotatable bonds is 2. The summed E-state index contributed by atoms with van der Waals surface area (Å²) in [4.78, 5) is 12.0. The van der Waals surface area contributed by atoms with Gasteiger partial charge in [0, 0.05) is 6.04 Å². The number of nitrogens with zero attached hydrogens (tertiary/aromatic N) is 2. The van der Waals surface area contributed by atoms with E-state index in [1.807, 2.05) is 6.08 Å². The van der Waals surface area contributed by atoms with Crippen molar-refractivity contribution in [2.24, 2.45) is 11.1 Å². The Hall–Kier alpha value is -2.47. The lowest BCUT2D eigenvalue weighted by molar-refractivity contribution is -0.148. The fourth-order valence-corrected chi connectivity index (χ4v) is 3.92. The number of benzene rings is 1. The van der Waals surface area contributed by atoms with Gasteiger partial charge in [0.15, 0.2) is 0 Å². The molecule has 1 saturated carbocycles. The van der Waals surface area contributed by atoms with E-state index in [9.17, 15) is 14.3 Å². The van der Waals surface area contributed by atoms with Crippen molar-refractivity contribution in [1.29, 1.82) is 0 Å². The van der Waals surface area contributed by atoms with Crippen LogP contribution in [0.4, 0.5) is 4.39 Å². The molecule has 2 aromatic rings. The first kappa shape index (κ1) is 15.1. The SMILES string of the molecule is N[C@H]1CCC2=Cc3c(cnn3-c3ccc(F)cc3)C[C@]2(C(=O)O)C1. The molecule has 0 saturated heterocycles. The van der Waals surface area contributed by atoms with Crippen molar-refractivity contribution in [3.63, 3.8) is 0 Å². The monoisotopic (exact) mass is 327 g/mol. The second kappa shape index (κ2) is 5.27. The maximum atomic E-state index is 13.1. The average molecular weight is 327 g/mol. The molecule has 2 aliphatic rings. The van der Waals surface area contributed by atoms with Gasteiger partial charge in [-0.05, 0) is 61.6 Å². The molecule has 4 rings (SSSR count). The number of hydrogen-bond acceptors (Lipinski definition) is 3. The van der Waals surface area contributed by atoms with Crippen molar-refractivity contribution in [3.8, 4) is 5.69 Å². The highest BCUT2D eigenvalue weighted by Crippen LogP contribution is 2.48. The van der Waals surface area contributed by atoms with Crippen molar-refractivity contribution in [1.82, 2.24) is 9.78 Å². The summed E-state index contributed by atoms with van der Waals surface area (Å²) in [6.45, 7) is 0. The molecule has 0 spiro atoms. The molecule has 5 nitrogen and oxygen atoms in total. The molecule has 1 fully saturated rings. The highest BCUT2D eigenvalue weighted by molar-refractivity contribution is 5.83. The molecule has 0 aliphatic heterocycles. The molecular weight excluding hydrogens is 309 g/mol. The zero-order chi connectivity index (χ0) is 16.9. The number of carboxylic acid groups (broad SMARTS) is 1. The Bertz CT molecular complexity index is 840. The predicted octanol–water partition coefficient (Wildman–Crippen LogP) is 2.53. The van der Waals surface area contributed by atoms with Crippen LogP contribution in [0, 0.1) is 11.2 Å². The van der Waals surface area contributed by atoms with Gasteiger partial charge in [-0.1, -0.05) is 5.57 Å². The van der Waals surface area contributed by atoms with E-state index in [0.717, 1.165) is 28.9 Å². The Morgan fingerprint density at radius 3 is 2.83 bits per heavy atom. The molecule has 2 aliphatic carbocycles. The van der Waals surface area contributed by atoms with Gasteiger partial charge in [0.1, 0.15) is 5.82 Å². The summed E-state index contributed by atoms with van der Waals surface area (Å²) in [5.41, 5.74) is 8.56. The fraction of sp³-hybridized carbons (Fsp3) is 0.333. The van der Waals surface area contributed by atoms with Crippen molar-refractivity contribution in [3.05, 3.63) is 53.1 Å². The number of hydrogen-bond donors (Lipinski definition) is 2. The summed E-state index contributed by atoms with van der Waals surface area (Å²) >= 11 is 0. The van der Waals surface area contributed by atoms with E-state index < -0.39 is 11.4 Å². The average Bonchev–Trinajstić information content (AvgIpc) is 2.95. The minimum Gasteiger partial charge on any atom is -0.481 e. The van der Waals surface area contributed by atoms with Crippen LogP contribution in [0.25, 0.3) is 11.8 Å². The van der Waals surface area contributed by atoms with Crippen LogP contribution in [-0.4, -0.2) is 26.9 Å². The molecule has 2 atom stereocenters. The van der Waals surface area contributed by atoms with Crippen LogP contribution < -0.4 is 5.73 Å². The number of nitrogens with two attached hydrogens (primary N) is 1. The van der Waals surface area contributed by atoms with Gasteiger partial charge in [0.2, 0.25) is 0 Å². The number of carboxylic acids is 1. The Balaban J connectivity index is 1.82. The Labute approximate surface area is 138 Å². The van der Waals surface area contributed by atoms with Crippen LogP contribution >= 0.6 is 0 Å². The summed E-state index contributed by atoms with van der Waals surface area (Å²) < 4.78 is 14.9. The fourth-order valence-electron chi connectivity index (χ4n) is 3.92. The van der Waals surface area contributed by atoms with Gasteiger partial charge in [-0.25, -0.2) is 9.07 Å². The molecule has 1 aromatic heterocycles. The lowest BCUT2D eigenvalue weighted by atomic mass is 9.63. The normalized spacial score (nSPS) is 25.6. The third kappa shape index (κ3) is 2.17. The largest absolute Gasteiger partial charge is 0.481 e. The Morgan fingerprint density at radius 1 is 1.38 bits per heavy atom. The summed E-state index contributed by atoms with van der Waals surface area (Å²) in [6, 6.07) is 6.02. The molecule has 0 bridgehead atoms. The summed E-state index contributed by atoms with van der Waals surface area (Å²) in [6.07, 6.45) is 5.97. The maximum Gasteiger partial charge on any atom is 0.314 e. The van der Waals surface area contributed by atoms with Crippen LogP contribution in [-0.2, 0) is 11.2 Å². The second-order valence-electron chi connectivity index (χ2n) is 6.68. The first-order valence-electron chi connectivity index (χ1n) is 8.02. The van der Waals surface area contributed by atoms with Crippen LogP contribution in [0.5, 0.6) is 0 Å². The lowest BCUT2D eigenvalue weighted by Gasteiger charge is -2.41. The number of aromatic nitrogens is 2. The third-order valence-electron chi connectivity index (χ3n) is 5.18. The number of halogens is 1. The van der Waals surface area contributed by atoms with E-state index in [2.05, 4.69) is 5.10 Å². The van der Waals surface area contributed by atoms with Gasteiger partial charge >= 0.3 is 5.97 Å². The molecule has 0 amide bonds. The molecule has 3 N–H and O–H groups in total. The van der Waals surface area contributed by atoms with Crippen LogP contribution in [0.2, 0.25) is 0 Å². The van der Waals surface area contributed by atoms with E-state index in [4.69, 9.17) is 5.73 Å². The molecule has 0 radical (unpaired) electrons. The van der Waals surface area contributed by atoms with Crippen LogP contribution in [0.3, 0.4) is 0 Å². The molecule has 24 heavy (non-hydrogen) atoms. The molecule has 1 heterocycles. The number of fused-ring (bicyclic) bond motifs is 2. The molecule has 1 aromatic carbocycles. The van der Waals surface area contributed by atoms with Crippen LogP contribution in [0.1, 0.15) is 30.5 Å². The Kier molecular flexibility index (Phi) is 3.31. The highest BCUT2D eigenvalue weighted by atomic mass is 19.1. The first-order valence-corrected chi connectivity index (χ1v) is 8.02. The van der Waals surface area contributed by atoms with E-state index in [1.165, 1.54) is 12.1 Å². The minimum absolute atomic E-state index is 0.0908. The second-order valence-corrected chi connectivity index (χ2v) is 6.68. The van der Waals surface area contributed by atoms with E-state index in [1.54, 1.807) is 23.0 Å². The maximum absolute atomic E-state index is 13.1. The summed E-state index contributed by atoms with van der Waals surface area (Å²) in [5, 5.41) is 14.2. The zero-order valence-corrected chi connectivity index (χ0v) is 13.1. The number of aliphatic carboxylic acids is 1. The van der Waals surface area contributed by atoms with Crippen molar-refractivity contribution in [2.45, 2.75) is 31.7 Å². The molecular formula is C18H18FN3O2. The van der Waals surface area contributed by atoms with Crippen molar-refractivity contribution >= 4 is 12.0 Å². The molecule has 124 valence electrons. The molecule has 0 unspecified atom stereocenters. The van der Waals surface area contributed by atoms with Gasteiger partial charge in [0.05, 0.1) is 23.0 Å². The topological polar surface area (TPSA) is 81.1 Å². The quantitative estimate of drug-likeness (QED) is 0.888. The third-order valence-corrected chi connectivity index (χ3v) is 5.18. The van der Waals surface area contributed by atoms with Gasteiger partial charge < -0.3 is 10.8 Å². The Morgan fingerprint density at radius 2 is 2.12 bits per heavy atom. The standard InChI is InChI=1S/C18H18FN3O2/c19-13-2-5-15(6-3-13)22-16-7-12-1-4-14(20)9-18(12,17(23)24)8-11(16)10-21-22/h2-3,5-7,10,14H,1,4,8-9,20H2,(H,23,24)/t14-,18-/m0/s1. The zero-order valence-electron chi connectivity index (χ0n) is 13.1. The number of carbonyl (C=O) groups is 1. The smallest absolute Gasteiger partial charge is 0.314 e. The van der Waals surface area contributed by atoms with Gasteiger partial charge in [0.25, 0.3) is 0 Å². The van der Waals surface area contributed by atoms with E-state index in [-0.39, 0.29) is 11.9 Å². The van der Waals surface area contributed by atoms with Crippen molar-refractivity contribution in [2.75, 3.05) is 0 Å². The van der Waals surface area contributed by atoms with Gasteiger partial charge in [-0.15, -0.1) is 0 Å². The molecule has 6 heteroatoms. The van der Waals surface area contributed by atoms with Crippen LogP contribution in [0.15, 0.2) is 36.0 Å². The van der Waals surface area contributed by atoms with Crippen molar-refractivity contribution < 1.29 is 14.3 Å². The first-order chi connectivity index (χ1) is 11.5. The minimum atomic E-state index is -0.915. The summed E-state index contributed by atoms with van der Waals surface area (Å²) in [7, 11) is 0. The van der Waals surface area contributed by atoms with E-state index >= 15 is 0 Å². The van der Waals surface area contributed by atoms with Gasteiger partial charge in [-0.3, -0.25) is 4.79 Å². The lowest BCUT2D eigenvalue weighted by Crippen LogP contribution is -2.45. The highest BCUT2D eigenvalue weighted by Gasteiger charge is 2.48. The van der Waals surface area contributed by atoms with Gasteiger partial charge in [-0.2, -0.15) is 5.10 Å². The predicted molar refractivity (Wildman–Crippen MR) is 87.1 cm³/mol.